The standard InChI is InChI=1S/C44H65N5O9/c1-11-14-16-23-33-44(8,9)43(56)47-35(27(4)5)40(53)48(10)32(25-30-20-17-15-18-21-30)42(55)58-37(29(7)13-3)41(54)49-24-19-22-31(49)38(51)46-36(28(6)12-2)39(52)45-26-34(50)57-33/h1,15,17-18,20-21,27-29,31-33,35-37H,12-14,16,19,22-26H2,2-10H3,(H,45,52)(H,46,51)(H,47,56)/t28-,29-,31-,32?,33?,35?,36-,37-/m0/s1. The number of fused-ring (bicyclic) bond motifs is 1. The van der Waals surface area contributed by atoms with Gasteiger partial charge in [0.1, 0.15) is 36.8 Å². The second-order valence-electron chi connectivity index (χ2n) is 16.7. The number of likely N-dealkylation sites (N-methyl/N-ethyl adjacent to an activating group) is 1. The van der Waals surface area contributed by atoms with Crippen molar-refractivity contribution >= 4 is 41.5 Å². The van der Waals surface area contributed by atoms with Gasteiger partial charge in [0, 0.05) is 32.4 Å². The lowest BCUT2D eigenvalue weighted by molar-refractivity contribution is -0.170. The van der Waals surface area contributed by atoms with Crippen LogP contribution < -0.4 is 16.0 Å². The van der Waals surface area contributed by atoms with Crippen LogP contribution in [0.5, 0.6) is 0 Å². The van der Waals surface area contributed by atoms with E-state index in [1.165, 1.54) is 16.8 Å². The second kappa shape index (κ2) is 21.7. The molecule has 2 heterocycles. The lowest BCUT2D eigenvalue weighted by atomic mass is 9.82. The van der Waals surface area contributed by atoms with Crippen LogP contribution >= 0.6 is 0 Å². The lowest BCUT2D eigenvalue weighted by Gasteiger charge is -2.37. The molecule has 58 heavy (non-hydrogen) atoms. The Hall–Kier alpha value is -4.93. The third-order valence-electron chi connectivity index (χ3n) is 11.7. The van der Waals surface area contributed by atoms with E-state index in [0.717, 1.165) is 5.56 Å². The van der Waals surface area contributed by atoms with Gasteiger partial charge < -0.3 is 35.2 Å². The first-order chi connectivity index (χ1) is 27.4. The molecule has 1 aromatic rings. The van der Waals surface area contributed by atoms with E-state index < -0.39 is 102 Å². The summed E-state index contributed by atoms with van der Waals surface area (Å²) in [5.41, 5.74) is -0.653. The number of ether oxygens (including phenoxy) is 2. The van der Waals surface area contributed by atoms with Crippen molar-refractivity contribution in [1.82, 2.24) is 25.8 Å². The summed E-state index contributed by atoms with van der Waals surface area (Å²) in [4.78, 5) is 101. The molecule has 0 radical (unpaired) electrons. The van der Waals surface area contributed by atoms with Crippen LogP contribution in [-0.2, 0) is 49.5 Å². The fraction of sp³-hybridized carbons (Fsp3) is 0.659. The summed E-state index contributed by atoms with van der Waals surface area (Å²) in [5.74, 6) is -3.17. The zero-order valence-electron chi connectivity index (χ0n) is 35.8. The molecule has 0 saturated carbocycles. The molecule has 0 bridgehead atoms. The van der Waals surface area contributed by atoms with E-state index >= 15 is 0 Å². The molecule has 5 amide bonds. The maximum atomic E-state index is 14.5. The summed E-state index contributed by atoms with van der Waals surface area (Å²) >= 11 is 0. The minimum atomic E-state index is -1.39. The zero-order valence-corrected chi connectivity index (χ0v) is 35.8. The first kappa shape index (κ1) is 47.4. The maximum Gasteiger partial charge on any atom is 0.329 e. The molecular formula is C44H65N5O9. The largest absolute Gasteiger partial charge is 0.460 e. The van der Waals surface area contributed by atoms with Gasteiger partial charge in [-0.3, -0.25) is 28.8 Å². The quantitative estimate of drug-likeness (QED) is 0.181. The van der Waals surface area contributed by atoms with E-state index in [1.807, 2.05) is 44.2 Å². The predicted octanol–water partition coefficient (Wildman–Crippen LogP) is 3.55. The highest BCUT2D eigenvalue weighted by Gasteiger charge is 2.45. The van der Waals surface area contributed by atoms with Crippen molar-refractivity contribution in [2.45, 2.75) is 143 Å². The molecule has 0 spiro atoms. The number of carbonyl (C=O) groups excluding carboxylic acids is 7. The number of benzene rings is 1. The van der Waals surface area contributed by atoms with Crippen molar-refractivity contribution in [3.8, 4) is 12.3 Å². The number of terminal acetylenes is 1. The molecule has 14 nitrogen and oxygen atoms in total. The van der Waals surface area contributed by atoms with Gasteiger partial charge in [0.05, 0.1) is 5.41 Å². The summed E-state index contributed by atoms with van der Waals surface area (Å²) < 4.78 is 12.0. The van der Waals surface area contributed by atoms with Crippen molar-refractivity contribution in [2.24, 2.45) is 23.2 Å². The molecule has 3 N–H and O–H groups in total. The van der Waals surface area contributed by atoms with Crippen molar-refractivity contribution in [1.29, 1.82) is 0 Å². The average molecular weight is 808 g/mol. The number of rotatable bonds is 10. The van der Waals surface area contributed by atoms with Gasteiger partial charge in [-0.05, 0) is 63.4 Å². The Kier molecular flexibility index (Phi) is 17.8. The molecule has 14 heteroatoms. The Morgan fingerprint density at radius 1 is 0.879 bits per heavy atom. The van der Waals surface area contributed by atoms with Crippen LogP contribution in [0.4, 0.5) is 0 Å². The number of hydrogen-bond donors (Lipinski definition) is 3. The fourth-order valence-corrected chi connectivity index (χ4v) is 7.25. The molecule has 2 aliphatic rings. The molecule has 0 aromatic heterocycles. The van der Waals surface area contributed by atoms with Crippen LogP contribution in [0.15, 0.2) is 30.3 Å². The lowest BCUT2D eigenvalue weighted by Crippen LogP contribution is -2.59. The summed E-state index contributed by atoms with van der Waals surface area (Å²) in [5, 5.41) is 8.30. The average Bonchev–Trinajstić information content (AvgIpc) is 3.70. The van der Waals surface area contributed by atoms with Crippen molar-refractivity contribution in [3.05, 3.63) is 35.9 Å². The molecule has 3 rings (SSSR count). The third kappa shape index (κ3) is 12.1. The number of hydrogen-bond acceptors (Lipinski definition) is 9. The van der Waals surface area contributed by atoms with E-state index in [0.29, 0.717) is 38.5 Å². The molecular weight excluding hydrogens is 743 g/mol. The van der Waals surface area contributed by atoms with Gasteiger partial charge in [-0.15, -0.1) is 12.3 Å². The van der Waals surface area contributed by atoms with Crippen LogP contribution in [0.1, 0.15) is 106 Å². The Balaban J connectivity index is 2.16. The minimum absolute atomic E-state index is 0.0502. The van der Waals surface area contributed by atoms with E-state index in [9.17, 15) is 33.6 Å². The van der Waals surface area contributed by atoms with E-state index in [1.54, 1.807) is 41.5 Å². The number of carbonyl (C=O) groups is 7. The summed E-state index contributed by atoms with van der Waals surface area (Å²) in [7, 11) is 1.47. The number of esters is 2. The Morgan fingerprint density at radius 2 is 1.53 bits per heavy atom. The van der Waals surface area contributed by atoms with Gasteiger partial charge in [0.25, 0.3) is 5.91 Å². The highest BCUT2D eigenvalue weighted by molar-refractivity contribution is 5.96. The molecule has 2 saturated heterocycles. The first-order valence-electron chi connectivity index (χ1n) is 20.7. The maximum absolute atomic E-state index is 14.5. The molecule has 2 aliphatic heterocycles. The number of cyclic esters (lactones) is 2. The fourth-order valence-electron chi connectivity index (χ4n) is 7.25. The van der Waals surface area contributed by atoms with Crippen LogP contribution in [0.25, 0.3) is 0 Å². The van der Waals surface area contributed by atoms with Gasteiger partial charge in [-0.2, -0.15) is 0 Å². The summed E-state index contributed by atoms with van der Waals surface area (Å²) in [6.45, 7) is 13.7. The molecule has 0 aliphatic carbocycles. The predicted molar refractivity (Wildman–Crippen MR) is 218 cm³/mol. The Labute approximate surface area is 344 Å². The number of amides is 5. The first-order valence-corrected chi connectivity index (χ1v) is 20.7. The summed E-state index contributed by atoms with van der Waals surface area (Å²) in [6.07, 6.45) is 6.09. The Bertz CT molecular complexity index is 1660. The Morgan fingerprint density at radius 3 is 2.14 bits per heavy atom. The highest BCUT2D eigenvalue weighted by Crippen LogP contribution is 2.30. The van der Waals surface area contributed by atoms with Gasteiger partial charge in [-0.25, -0.2) is 4.79 Å². The van der Waals surface area contributed by atoms with Gasteiger partial charge in [-0.1, -0.05) is 78.3 Å². The normalized spacial score (nSPS) is 26.8. The van der Waals surface area contributed by atoms with Crippen molar-refractivity contribution in [3.63, 3.8) is 0 Å². The molecule has 3 unspecified atom stereocenters. The SMILES string of the molecule is C#CCCCC1OC(=O)CNC(=O)[C@H]([C@@H](C)CC)NC(=O)[C@@H]2CCCN2C(=O)[C@H]([C@@H](C)CC)OC(=O)C(Cc2ccccc2)N(C)C(=O)C(C(C)C)NC(=O)C1(C)C. The number of nitrogens with zero attached hydrogens (tertiary/aromatic N) is 2. The minimum Gasteiger partial charge on any atom is -0.460 e. The van der Waals surface area contributed by atoms with E-state index in [4.69, 9.17) is 15.9 Å². The molecule has 320 valence electrons. The van der Waals surface area contributed by atoms with Gasteiger partial charge >= 0.3 is 11.9 Å². The number of unbranched alkanes of at least 4 members (excludes halogenated alkanes) is 1. The third-order valence-corrected chi connectivity index (χ3v) is 11.7. The second-order valence-corrected chi connectivity index (χ2v) is 16.7. The van der Waals surface area contributed by atoms with E-state index in [-0.39, 0.29) is 25.3 Å². The number of nitrogens with one attached hydrogen (secondary N) is 3. The molecule has 2 fully saturated rings. The topological polar surface area (TPSA) is 181 Å². The van der Waals surface area contributed by atoms with E-state index in [2.05, 4.69) is 21.9 Å². The van der Waals surface area contributed by atoms with Crippen LogP contribution in [0, 0.1) is 35.5 Å². The van der Waals surface area contributed by atoms with Crippen LogP contribution in [0.3, 0.4) is 0 Å². The molecule has 8 atom stereocenters. The smallest absolute Gasteiger partial charge is 0.329 e. The van der Waals surface area contributed by atoms with Crippen molar-refractivity contribution < 1.29 is 43.0 Å². The monoisotopic (exact) mass is 807 g/mol. The summed E-state index contributed by atoms with van der Waals surface area (Å²) in [6, 6.07) is 4.78. The van der Waals surface area contributed by atoms with Gasteiger partial charge in [0.15, 0.2) is 6.10 Å². The van der Waals surface area contributed by atoms with Gasteiger partial charge in [0.2, 0.25) is 23.6 Å². The van der Waals surface area contributed by atoms with Crippen LogP contribution in [-0.4, -0.2) is 108 Å². The molecule has 1 aromatic carbocycles. The van der Waals surface area contributed by atoms with Crippen LogP contribution in [0.2, 0.25) is 0 Å². The zero-order chi connectivity index (χ0) is 43.3. The van der Waals surface area contributed by atoms with Crippen molar-refractivity contribution in [2.75, 3.05) is 20.1 Å². The highest BCUT2D eigenvalue weighted by atomic mass is 16.6.